The van der Waals surface area contributed by atoms with Crippen LogP contribution in [-0.2, 0) is 0 Å². The van der Waals surface area contributed by atoms with Crippen molar-refractivity contribution in [1.29, 1.82) is 0 Å². The van der Waals surface area contributed by atoms with Crippen LogP contribution < -0.4 is 10.6 Å². The maximum absolute atomic E-state index is 12.0. The minimum absolute atomic E-state index is 0.102. The third kappa shape index (κ3) is 2.03. The van der Waals surface area contributed by atoms with Crippen molar-refractivity contribution in [3.8, 4) is 0 Å². The molecule has 0 bridgehead atoms. The van der Waals surface area contributed by atoms with Gasteiger partial charge in [-0.15, -0.1) is 0 Å². The molecule has 2 N–H and O–H groups in total. The molecule has 5 nitrogen and oxygen atoms in total. The molecule has 2 amide bonds. The van der Waals surface area contributed by atoms with Crippen LogP contribution in [0.25, 0.3) is 5.65 Å². The smallest absolute Gasteiger partial charge is 0.319 e. The first-order valence-electron chi connectivity index (χ1n) is 7.20. The number of aryl methyl sites for hydroxylation is 1. The Balaban J connectivity index is 1.45. The van der Waals surface area contributed by atoms with E-state index in [4.69, 9.17) is 0 Å². The number of rotatable bonds is 2. The zero-order valence-electron chi connectivity index (χ0n) is 11.5. The fourth-order valence-corrected chi connectivity index (χ4v) is 3.46. The second kappa shape index (κ2) is 4.23. The van der Waals surface area contributed by atoms with Crippen LogP contribution in [0.3, 0.4) is 0 Å². The van der Waals surface area contributed by atoms with Crippen molar-refractivity contribution in [3.05, 3.63) is 30.2 Å². The molecule has 4 rings (SSSR count). The highest BCUT2D eigenvalue weighted by molar-refractivity contribution is 5.89. The number of urea groups is 1. The number of carbonyl (C=O) groups excluding carboxylic acids is 1. The molecule has 0 spiro atoms. The Labute approximate surface area is 117 Å². The Morgan fingerprint density at radius 2 is 2.15 bits per heavy atom. The van der Waals surface area contributed by atoms with Crippen molar-refractivity contribution in [3.63, 3.8) is 0 Å². The summed E-state index contributed by atoms with van der Waals surface area (Å²) in [6.07, 6.45) is 9.21. The van der Waals surface area contributed by atoms with E-state index in [0.717, 1.165) is 41.6 Å². The van der Waals surface area contributed by atoms with Crippen molar-refractivity contribution < 1.29 is 4.79 Å². The summed E-state index contributed by atoms with van der Waals surface area (Å²) in [5.74, 6) is 1.76. The average molecular weight is 270 g/mol. The number of anilines is 1. The topological polar surface area (TPSA) is 58.4 Å². The number of carbonyl (C=O) groups is 1. The number of hydrogen-bond donors (Lipinski definition) is 2. The van der Waals surface area contributed by atoms with Gasteiger partial charge in [0.15, 0.2) is 0 Å². The summed E-state index contributed by atoms with van der Waals surface area (Å²) in [4.78, 5) is 16.3. The average Bonchev–Trinajstić information content (AvgIpc) is 2.83. The monoisotopic (exact) mass is 270 g/mol. The standard InChI is InChI=1S/C15H18N4O/c1-9-4-13(8-19-3-2-16-14(9)19)18-15(20)17-12-6-10-5-11(10)7-12/h2-4,8,10-12H,5-7H2,1H3,(H2,17,18,20). The van der Waals surface area contributed by atoms with Crippen LogP contribution >= 0.6 is 0 Å². The van der Waals surface area contributed by atoms with Crippen LogP contribution in [0, 0.1) is 18.8 Å². The number of imidazole rings is 1. The molecule has 2 unspecified atom stereocenters. The van der Waals surface area contributed by atoms with E-state index in [0.29, 0.717) is 6.04 Å². The Morgan fingerprint density at radius 3 is 2.95 bits per heavy atom. The lowest BCUT2D eigenvalue weighted by Crippen LogP contribution is -2.37. The van der Waals surface area contributed by atoms with Gasteiger partial charge in [-0.2, -0.15) is 0 Å². The molecule has 2 saturated carbocycles. The van der Waals surface area contributed by atoms with Gasteiger partial charge in [0.1, 0.15) is 5.65 Å². The predicted molar refractivity (Wildman–Crippen MR) is 76.7 cm³/mol. The van der Waals surface area contributed by atoms with Gasteiger partial charge in [0.2, 0.25) is 0 Å². The van der Waals surface area contributed by atoms with Gasteiger partial charge < -0.3 is 15.0 Å². The quantitative estimate of drug-likeness (QED) is 0.881. The third-order valence-electron chi connectivity index (χ3n) is 4.51. The Bertz CT molecular complexity index is 668. The van der Waals surface area contributed by atoms with E-state index in [1.54, 1.807) is 6.20 Å². The number of pyridine rings is 1. The number of hydrogen-bond acceptors (Lipinski definition) is 2. The highest BCUT2D eigenvalue weighted by Gasteiger charge is 2.46. The molecule has 0 radical (unpaired) electrons. The highest BCUT2D eigenvalue weighted by atomic mass is 16.2. The summed E-state index contributed by atoms with van der Waals surface area (Å²) >= 11 is 0. The van der Waals surface area contributed by atoms with Gasteiger partial charge in [0, 0.05) is 24.6 Å². The second-order valence-electron chi connectivity index (χ2n) is 6.09. The lowest BCUT2D eigenvalue weighted by Gasteiger charge is -2.15. The molecular weight excluding hydrogens is 252 g/mol. The zero-order chi connectivity index (χ0) is 13.7. The molecule has 104 valence electrons. The highest BCUT2D eigenvalue weighted by Crippen LogP contribution is 2.51. The minimum Gasteiger partial charge on any atom is -0.335 e. The van der Waals surface area contributed by atoms with Crippen LogP contribution in [0.2, 0.25) is 0 Å². The molecule has 0 saturated heterocycles. The second-order valence-corrected chi connectivity index (χ2v) is 6.09. The molecule has 2 heterocycles. The summed E-state index contributed by atoms with van der Waals surface area (Å²) in [6.45, 7) is 2.00. The van der Waals surface area contributed by atoms with E-state index < -0.39 is 0 Å². The SMILES string of the molecule is Cc1cc(NC(=O)NC2CC3CC3C2)cn2ccnc12. The lowest BCUT2D eigenvalue weighted by molar-refractivity contribution is 0.247. The maximum atomic E-state index is 12.0. The van der Waals surface area contributed by atoms with E-state index >= 15 is 0 Å². The first-order valence-corrected chi connectivity index (χ1v) is 7.20. The zero-order valence-corrected chi connectivity index (χ0v) is 11.5. The molecule has 0 aromatic carbocycles. The van der Waals surface area contributed by atoms with Gasteiger partial charge in [-0.3, -0.25) is 0 Å². The number of aromatic nitrogens is 2. The van der Waals surface area contributed by atoms with Gasteiger partial charge in [-0.25, -0.2) is 9.78 Å². The van der Waals surface area contributed by atoms with Crippen molar-refractivity contribution in [1.82, 2.24) is 14.7 Å². The van der Waals surface area contributed by atoms with E-state index in [1.165, 1.54) is 6.42 Å². The predicted octanol–water partition coefficient (Wildman–Crippen LogP) is 2.56. The largest absolute Gasteiger partial charge is 0.335 e. The number of amides is 2. The fourth-order valence-electron chi connectivity index (χ4n) is 3.46. The Morgan fingerprint density at radius 1 is 1.35 bits per heavy atom. The van der Waals surface area contributed by atoms with Gasteiger partial charge in [0.05, 0.1) is 5.69 Å². The molecule has 2 aromatic rings. The lowest BCUT2D eigenvalue weighted by atomic mass is 10.2. The summed E-state index contributed by atoms with van der Waals surface area (Å²) < 4.78 is 1.93. The van der Waals surface area contributed by atoms with Gasteiger partial charge in [0.25, 0.3) is 0 Å². The maximum Gasteiger partial charge on any atom is 0.319 e. The molecule has 0 aliphatic heterocycles. The summed E-state index contributed by atoms with van der Waals surface area (Å²) in [7, 11) is 0. The van der Waals surface area contributed by atoms with Crippen LogP contribution in [-0.4, -0.2) is 21.5 Å². The number of nitrogens with one attached hydrogen (secondary N) is 2. The van der Waals surface area contributed by atoms with Crippen LogP contribution in [0.15, 0.2) is 24.7 Å². The Kier molecular flexibility index (Phi) is 2.49. The summed E-state index contributed by atoms with van der Waals surface area (Å²) in [6, 6.07) is 2.21. The number of nitrogens with zero attached hydrogens (tertiary/aromatic N) is 2. The van der Waals surface area contributed by atoms with Crippen molar-refractivity contribution in [2.24, 2.45) is 11.8 Å². The van der Waals surface area contributed by atoms with Gasteiger partial charge >= 0.3 is 6.03 Å². The first kappa shape index (κ1) is 11.8. The van der Waals surface area contributed by atoms with E-state index in [1.807, 2.05) is 29.8 Å². The Hall–Kier alpha value is -2.04. The molecule has 2 fully saturated rings. The molecule has 2 aliphatic rings. The van der Waals surface area contributed by atoms with Crippen LogP contribution in [0.4, 0.5) is 10.5 Å². The molecule has 2 aromatic heterocycles. The molecule has 5 heteroatoms. The summed E-state index contributed by atoms with van der Waals surface area (Å²) in [5, 5.41) is 6.00. The number of fused-ring (bicyclic) bond motifs is 2. The van der Waals surface area contributed by atoms with Gasteiger partial charge in [-0.1, -0.05) is 0 Å². The molecule has 20 heavy (non-hydrogen) atoms. The molecular formula is C15H18N4O. The molecule has 2 aliphatic carbocycles. The minimum atomic E-state index is -0.102. The van der Waals surface area contributed by atoms with E-state index in [-0.39, 0.29) is 6.03 Å². The third-order valence-corrected chi connectivity index (χ3v) is 4.51. The summed E-state index contributed by atoms with van der Waals surface area (Å²) in [5.41, 5.74) is 2.77. The molecule has 2 atom stereocenters. The van der Waals surface area contributed by atoms with E-state index in [2.05, 4.69) is 15.6 Å². The van der Waals surface area contributed by atoms with Crippen LogP contribution in [0.5, 0.6) is 0 Å². The first-order chi connectivity index (χ1) is 9.69. The van der Waals surface area contributed by atoms with E-state index in [9.17, 15) is 4.79 Å². The van der Waals surface area contributed by atoms with Crippen molar-refractivity contribution in [2.45, 2.75) is 32.2 Å². The van der Waals surface area contributed by atoms with Crippen molar-refractivity contribution in [2.75, 3.05) is 5.32 Å². The normalized spacial score (nSPS) is 27.4. The van der Waals surface area contributed by atoms with Crippen molar-refractivity contribution >= 4 is 17.4 Å². The van der Waals surface area contributed by atoms with Gasteiger partial charge in [-0.05, 0) is 49.7 Å². The van der Waals surface area contributed by atoms with Crippen LogP contribution in [0.1, 0.15) is 24.8 Å². The fraction of sp³-hybridized carbons (Fsp3) is 0.467.